The maximum Gasteiger partial charge on any atom is 0.254 e. The van der Waals surface area contributed by atoms with E-state index in [9.17, 15) is 4.79 Å². The fourth-order valence-corrected chi connectivity index (χ4v) is 2.07. The van der Waals surface area contributed by atoms with Gasteiger partial charge in [0.25, 0.3) is 5.91 Å². The quantitative estimate of drug-likeness (QED) is 0.933. The molecule has 1 unspecified atom stereocenters. The second-order valence-electron chi connectivity index (χ2n) is 4.11. The van der Waals surface area contributed by atoms with Crippen molar-refractivity contribution < 1.29 is 4.79 Å². The van der Waals surface area contributed by atoms with Gasteiger partial charge in [0.2, 0.25) is 0 Å². The number of amides is 1. The van der Waals surface area contributed by atoms with Crippen LogP contribution in [0.5, 0.6) is 0 Å². The standard InChI is InChI=1S/C14H12Cl2N2O/c1-9(10-3-2-4-11(15)7-10)18-14(19)12-8-17-6-5-13(12)16/h2-9H,1H3,(H,18,19). The molecule has 0 saturated carbocycles. The third-order valence-electron chi connectivity index (χ3n) is 2.71. The molecule has 2 rings (SSSR count). The number of halogens is 2. The first-order chi connectivity index (χ1) is 9.08. The summed E-state index contributed by atoms with van der Waals surface area (Å²) in [6.45, 7) is 1.88. The highest BCUT2D eigenvalue weighted by atomic mass is 35.5. The molecule has 0 saturated heterocycles. The zero-order valence-corrected chi connectivity index (χ0v) is 11.7. The number of benzene rings is 1. The van der Waals surface area contributed by atoms with Crippen LogP contribution in [0.4, 0.5) is 0 Å². The molecule has 0 fully saturated rings. The van der Waals surface area contributed by atoms with Crippen LogP contribution in [0.15, 0.2) is 42.7 Å². The van der Waals surface area contributed by atoms with Gasteiger partial charge in [0, 0.05) is 17.4 Å². The molecule has 1 atom stereocenters. The molecule has 1 N–H and O–H groups in total. The minimum Gasteiger partial charge on any atom is -0.345 e. The van der Waals surface area contributed by atoms with Gasteiger partial charge in [-0.05, 0) is 30.7 Å². The molecule has 0 aliphatic rings. The average molecular weight is 295 g/mol. The first kappa shape index (κ1) is 13.8. The van der Waals surface area contributed by atoms with Gasteiger partial charge in [0.1, 0.15) is 0 Å². The highest BCUT2D eigenvalue weighted by Crippen LogP contribution is 2.19. The second-order valence-corrected chi connectivity index (χ2v) is 4.95. The van der Waals surface area contributed by atoms with Crippen LogP contribution in [-0.4, -0.2) is 10.9 Å². The van der Waals surface area contributed by atoms with Gasteiger partial charge in [-0.3, -0.25) is 9.78 Å². The summed E-state index contributed by atoms with van der Waals surface area (Å²) < 4.78 is 0. The summed E-state index contributed by atoms with van der Waals surface area (Å²) in [6.07, 6.45) is 2.99. The molecule has 0 spiro atoms. The van der Waals surface area contributed by atoms with E-state index in [2.05, 4.69) is 10.3 Å². The van der Waals surface area contributed by atoms with E-state index in [1.807, 2.05) is 25.1 Å². The van der Waals surface area contributed by atoms with Crippen molar-refractivity contribution in [2.75, 3.05) is 0 Å². The lowest BCUT2D eigenvalue weighted by Gasteiger charge is -2.15. The summed E-state index contributed by atoms with van der Waals surface area (Å²) in [7, 11) is 0. The smallest absolute Gasteiger partial charge is 0.254 e. The molecule has 1 aromatic heterocycles. The number of carbonyl (C=O) groups is 1. The second kappa shape index (κ2) is 6.04. The Bertz CT molecular complexity index is 602. The highest BCUT2D eigenvalue weighted by Gasteiger charge is 2.14. The topological polar surface area (TPSA) is 42.0 Å². The maximum absolute atomic E-state index is 12.1. The molecule has 2 aromatic rings. The fraction of sp³-hybridized carbons (Fsp3) is 0.143. The number of hydrogen-bond acceptors (Lipinski definition) is 2. The van der Waals surface area contributed by atoms with E-state index in [0.29, 0.717) is 15.6 Å². The van der Waals surface area contributed by atoms with Crippen molar-refractivity contribution in [1.82, 2.24) is 10.3 Å². The summed E-state index contributed by atoms with van der Waals surface area (Å²) in [5, 5.41) is 3.88. The summed E-state index contributed by atoms with van der Waals surface area (Å²) in [4.78, 5) is 16.0. The van der Waals surface area contributed by atoms with Crippen molar-refractivity contribution in [2.45, 2.75) is 13.0 Å². The predicted molar refractivity (Wildman–Crippen MR) is 76.6 cm³/mol. The number of aromatic nitrogens is 1. The minimum atomic E-state index is -0.259. The SMILES string of the molecule is CC(NC(=O)c1cnccc1Cl)c1cccc(Cl)c1. The normalized spacial score (nSPS) is 11.9. The molecular formula is C14H12Cl2N2O. The van der Waals surface area contributed by atoms with Crippen molar-refractivity contribution in [3.8, 4) is 0 Å². The summed E-state index contributed by atoms with van der Waals surface area (Å²) in [5.41, 5.74) is 1.29. The molecule has 19 heavy (non-hydrogen) atoms. The van der Waals surface area contributed by atoms with Crippen LogP contribution < -0.4 is 5.32 Å². The van der Waals surface area contributed by atoms with Crippen molar-refractivity contribution >= 4 is 29.1 Å². The Morgan fingerprint density at radius 2 is 2.11 bits per heavy atom. The highest BCUT2D eigenvalue weighted by molar-refractivity contribution is 6.33. The van der Waals surface area contributed by atoms with E-state index >= 15 is 0 Å². The number of nitrogens with one attached hydrogen (secondary N) is 1. The number of carbonyl (C=O) groups excluding carboxylic acids is 1. The van der Waals surface area contributed by atoms with Gasteiger partial charge < -0.3 is 5.32 Å². The molecule has 0 aliphatic heterocycles. The number of pyridine rings is 1. The lowest BCUT2D eigenvalue weighted by molar-refractivity contribution is 0.0939. The van der Waals surface area contributed by atoms with Crippen LogP contribution >= 0.6 is 23.2 Å². The van der Waals surface area contributed by atoms with E-state index in [1.54, 1.807) is 18.3 Å². The van der Waals surface area contributed by atoms with Crippen LogP contribution in [0, 0.1) is 0 Å². The van der Waals surface area contributed by atoms with Crippen LogP contribution in [-0.2, 0) is 0 Å². The Labute approximate surface area is 121 Å². The van der Waals surface area contributed by atoms with Gasteiger partial charge in [-0.1, -0.05) is 35.3 Å². The van der Waals surface area contributed by atoms with Crippen LogP contribution in [0.1, 0.15) is 28.9 Å². The first-order valence-corrected chi connectivity index (χ1v) is 6.49. The molecule has 0 radical (unpaired) electrons. The minimum absolute atomic E-state index is 0.164. The van der Waals surface area contributed by atoms with E-state index in [4.69, 9.17) is 23.2 Å². The van der Waals surface area contributed by atoms with Crippen molar-refractivity contribution in [2.24, 2.45) is 0 Å². The first-order valence-electron chi connectivity index (χ1n) is 5.74. The average Bonchev–Trinajstić information content (AvgIpc) is 2.39. The molecule has 1 aromatic carbocycles. The van der Waals surface area contributed by atoms with E-state index in [0.717, 1.165) is 5.56 Å². The number of hydrogen-bond donors (Lipinski definition) is 1. The van der Waals surface area contributed by atoms with Gasteiger partial charge in [-0.2, -0.15) is 0 Å². The summed E-state index contributed by atoms with van der Waals surface area (Å²) in [5.74, 6) is -0.259. The van der Waals surface area contributed by atoms with E-state index < -0.39 is 0 Å². The molecule has 0 aliphatic carbocycles. The Kier molecular flexibility index (Phi) is 4.40. The van der Waals surface area contributed by atoms with E-state index in [-0.39, 0.29) is 11.9 Å². The molecule has 3 nitrogen and oxygen atoms in total. The lowest BCUT2D eigenvalue weighted by Crippen LogP contribution is -2.27. The fourth-order valence-electron chi connectivity index (χ4n) is 1.68. The lowest BCUT2D eigenvalue weighted by atomic mass is 10.1. The third kappa shape index (κ3) is 3.46. The van der Waals surface area contributed by atoms with Gasteiger partial charge in [-0.25, -0.2) is 0 Å². The Hall–Kier alpha value is -1.58. The van der Waals surface area contributed by atoms with E-state index in [1.165, 1.54) is 6.20 Å². The van der Waals surface area contributed by atoms with Crippen molar-refractivity contribution in [1.29, 1.82) is 0 Å². The maximum atomic E-state index is 12.1. The number of nitrogens with zero attached hydrogens (tertiary/aromatic N) is 1. The van der Waals surface area contributed by atoms with Crippen LogP contribution in [0.3, 0.4) is 0 Å². The summed E-state index contributed by atoms with van der Waals surface area (Å²) >= 11 is 11.9. The molecular weight excluding hydrogens is 283 g/mol. The monoisotopic (exact) mass is 294 g/mol. The van der Waals surface area contributed by atoms with Gasteiger partial charge in [-0.15, -0.1) is 0 Å². The predicted octanol–water partition coefficient (Wildman–Crippen LogP) is 3.88. The summed E-state index contributed by atoms with van der Waals surface area (Å²) in [6, 6.07) is 8.77. The van der Waals surface area contributed by atoms with Gasteiger partial charge in [0.05, 0.1) is 16.6 Å². The van der Waals surface area contributed by atoms with Gasteiger partial charge in [0.15, 0.2) is 0 Å². The zero-order valence-electron chi connectivity index (χ0n) is 10.2. The third-order valence-corrected chi connectivity index (χ3v) is 3.27. The molecule has 5 heteroatoms. The number of rotatable bonds is 3. The Balaban J connectivity index is 2.13. The van der Waals surface area contributed by atoms with Crippen LogP contribution in [0.2, 0.25) is 10.0 Å². The van der Waals surface area contributed by atoms with Gasteiger partial charge >= 0.3 is 0 Å². The molecule has 0 bridgehead atoms. The van der Waals surface area contributed by atoms with Crippen molar-refractivity contribution in [3.63, 3.8) is 0 Å². The Morgan fingerprint density at radius 1 is 1.32 bits per heavy atom. The molecule has 1 amide bonds. The van der Waals surface area contributed by atoms with Crippen molar-refractivity contribution in [3.05, 3.63) is 63.9 Å². The molecule has 98 valence electrons. The zero-order chi connectivity index (χ0) is 13.8. The van der Waals surface area contributed by atoms with Crippen LogP contribution in [0.25, 0.3) is 0 Å². The Morgan fingerprint density at radius 3 is 2.79 bits per heavy atom. The largest absolute Gasteiger partial charge is 0.345 e. The molecule has 1 heterocycles.